The van der Waals surface area contributed by atoms with Crippen LogP contribution in [0.4, 0.5) is 17.1 Å². The lowest BCUT2D eigenvalue weighted by Crippen LogP contribution is -2.22. The molecule has 0 aliphatic carbocycles. The van der Waals surface area contributed by atoms with Crippen LogP contribution in [0, 0.1) is 0 Å². The molecule has 110 valence electrons. The quantitative estimate of drug-likeness (QED) is 0.743. The molecule has 0 aromatic heterocycles. The number of halogens is 2. The third-order valence-electron chi connectivity index (χ3n) is 2.79. The number of benzene rings is 2. The molecule has 0 spiro atoms. The van der Waals surface area contributed by atoms with Gasteiger partial charge in [0.15, 0.2) is 0 Å². The molecule has 1 amide bonds. The fourth-order valence-electron chi connectivity index (χ4n) is 1.86. The summed E-state index contributed by atoms with van der Waals surface area (Å²) < 4.78 is 0. The average molecular weight is 324 g/mol. The number of nitrogens with two attached hydrogens (primary N) is 1. The first kappa shape index (κ1) is 15.5. The molecule has 2 aromatic carbocycles. The highest BCUT2D eigenvalue weighted by Crippen LogP contribution is 2.28. The SMILES string of the molecule is CCNC(=O)c1ccc(Nc2cc(Cl)cc(Cl)c2)c(N)c1. The van der Waals surface area contributed by atoms with Gasteiger partial charge >= 0.3 is 0 Å². The number of nitrogens with one attached hydrogen (secondary N) is 2. The lowest BCUT2D eigenvalue weighted by Gasteiger charge is -2.11. The zero-order valence-electron chi connectivity index (χ0n) is 11.4. The van der Waals surface area contributed by atoms with E-state index in [1.54, 1.807) is 36.4 Å². The van der Waals surface area contributed by atoms with Gasteiger partial charge in [0.05, 0.1) is 11.4 Å². The molecule has 0 aliphatic rings. The van der Waals surface area contributed by atoms with Gasteiger partial charge in [-0.1, -0.05) is 23.2 Å². The van der Waals surface area contributed by atoms with E-state index in [-0.39, 0.29) is 5.91 Å². The number of rotatable bonds is 4. The van der Waals surface area contributed by atoms with Gasteiger partial charge in [-0.2, -0.15) is 0 Å². The number of carbonyl (C=O) groups is 1. The van der Waals surface area contributed by atoms with Crippen LogP contribution in [0.25, 0.3) is 0 Å². The fraction of sp³-hybridized carbons (Fsp3) is 0.133. The Morgan fingerprint density at radius 2 is 1.81 bits per heavy atom. The molecule has 0 bridgehead atoms. The van der Waals surface area contributed by atoms with Crippen molar-refractivity contribution in [1.29, 1.82) is 0 Å². The van der Waals surface area contributed by atoms with E-state index in [2.05, 4.69) is 10.6 Å². The molecule has 0 radical (unpaired) electrons. The van der Waals surface area contributed by atoms with Gasteiger partial charge in [-0.15, -0.1) is 0 Å². The molecule has 4 nitrogen and oxygen atoms in total. The minimum absolute atomic E-state index is 0.151. The van der Waals surface area contributed by atoms with E-state index >= 15 is 0 Å². The second kappa shape index (κ2) is 6.70. The summed E-state index contributed by atoms with van der Waals surface area (Å²) in [7, 11) is 0. The van der Waals surface area contributed by atoms with Crippen molar-refractivity contribution >= 4 is 46.2 Å². The van der Waals surface area contributed by atoms with E-state index in [0.717, 1.165) is 5.69 Å². The maximum atomic E-state index is 11.7. The average Bonchev–Trinajstić information content (AvgIpc) is 2.40. The van der Waals surface area contributed by atoms with Crippen molar-refractivity contribution in [2.75, 3.05) is 17.6 Å². The smallest absolute Gasteiger partial charge is 0.251 e. The van der Waals surface area contributed by atoms with Crippen molar-refractivity contribution in [3.8, 4) is 0 Å². The highest BCUT2D eigenvalue weighted by Gasteiger charge is 2.08. The number of nitrogen functional groups attached to an aromatic ring is 1. The number of hydrogen-bond acceptors (Lipinski definition) is 3. The molecule has 2 rings (SSSR count). The van der Waals surface area contributed by atoms with E-state index in [0.29, 0.717) is 33.5 Å². The highest BCUT2D eigenvalue weighted by molar-refractivity contribution is 6.35. The molecule has 0 unspecified atom stereocenters. The summed E-state index contributed by atoms with van der Waals surface area (Å²) >= 11 is 11.9. The van der Waals surface area contributed by atoms with Crippen molar-refractivity contribution in [2.24, 2.45) is 0 Å². The van der Waals surface area contributed by atoms with Crippen LogP contribution in [0.5, 0.6) is 0 Å². The van der Waals surface area contributed by atoms with Crippen molar-refractivity contribution < 1.29 is 4.79 Å². The lowest BCUT2D eigenvalue weighted by molar-refractivity contribution is 0.0956. The van der Waals surface area contributed by atoms with Crippen LogP contribution in [0.2, 0.25) is 10.0 Å². The molecule has 0 heterocycles. The van der Waals surface area contributed by atoms with Crippen LogP contribution in [0.15, 0.2) is 36.4 Å². The molecule has 0 saturated carbocycles. The molecule has 21 heavy (non-hydrogen) atoms. The molecule has 0 atom stereocenters. The fourth-order valence-corrected chi connectivity index (χ4v) is 2.39. The van der Waals surface area contributed by atoms with Gasteiger partial charge in [-0.05, 0) is 43.3 Å². The topological polar surface area (TPSA) is 67.2 Å². The van der Waals surface area contributed by atoms with E-state index in [4.69, 9.17) is 28.9 Å². The van der Waals surface area contributed by atoms with Crippen LogP contribution >= 0.6 is 23.2 Å². The van der Waals surface area contributed by atoms with Gasteiger partial charge in [-0.3, -0.25) is 4.79 Å². The molecule has 0 fully saturated rings. The zero-order chi connectivity index (χ0) is 15.4. The van der Waals surface area contributed by atoms with Crippen LogP contribution in [0.3, 0.4) is 0 Å². The second-order valence-corrected chi connectivity index (χ2v) is 5.32. The maximum absolute atomic E-state index is 11.7. The molecule has 4 N–H and O–H groups in total. The number of amides is 1. The Morgan fingerprint density at radius 3 is 2.38 bits per heavy atom. The molecule has 0 saturated heterocycles. The van der Waals surface area contributed by atoms with Gasteiger partial charge in [-0.25, -0.2) is 0 Å². The summed E-state index contributed by atoms with van der Waals surface area (Å²) in [6.07, 6.45) is 0. The number of anilines is 3. The second-order valence-electron chi connectivity index (χ2n) is 4.44. The van der Waals surface area contributed by atoms with E-state index in [1.807, 2.05) is 6.92 Å². The van der Waals surface area contributed by atoms with Crippen molar-refractivity contribution in [1.82, 2.24) is 5.32 Å². The lowest BCUT2D eigenvalue weighted by atomic mass is 10.1. The van der Waals surface area contributed by atoms with Gasteiger partial charge in [0.2, 0.25) is 0 Å². The molecule has 2 aromatic rings. The van der Waals surface area contributed by atoms with Gasteiger partial charge < -0.3 is 16.4 Å². The predicted octanol–water partition coefficient (Wildman–Crippen LogP) is 4.07. The number of hydrogen-bond donors (Lipinski definition) is 3. The Balaban J connectivity index is 2.23. The van der Waals surface area contributed by atoms with Crippen LogP contribution in [0.1, 0.15) is 17.3 Å². The van der Waals surface area contributed by atoms with Crippen molar-refractivity contribution in [2.45, 2.75) is 6.92 Å². The zero-order valence-corrected chi connectivity index (χ0v) is 12.9. The van der Waals surface area contributed by atoms with E-state index in [9.17, 15) is 4.79 Å². The molecule has 0 aliphatic heterocycles. The Morgan fingerprint density at radius 1 is 1.14 bits per heavy atom. The predicted molar refractivity (Wildman–Crippen MR) is 88.6 cm³/mol. The summed E-state index contributed by atoms with van der Waals surface area (Å²) in [6, 6.07) is 10.2. The Kier molecular flexibility index (Phi) is 4.94. The van der Waals surface area contributed by atoms with Gasteiger partial charge in [0.25, 0.3) is 5.91 Å². The van der Waals surface area contributed by atoms with Crippen molar-refractivity contribution in [3.05, 3.63) is 52.0 Å². The van der Waals surface area contributed by atoms with Crippen LogP contribution in [-0.2, 0) is 0 Å². The normalized spacial score (nSPS) is 10.2. The standard InChI is InChI=1S/C15H15Cl2N3O/c1-2-19-15(21)9-3-4-14(13(18)5-9)20-12-7-10(16)6-11(17)8-12/h3-8,20H,2,18H2,1H3,(H,19,21). The van der Waals surface area contributed by atoms with E-state index in [1.165, 1.54) is 0 Å². The minimum atomic E-state index is -0.151. The summed E-state index contributed by atoms with van der Waals surface area (Å²) in [4.78, 5) is 11.7. The Hall–Kier alpha value is -1.91. The summed E-state index contributed by atoms with van der Waals surface area (Å²) in [5.41, 5.74) is 8.36. The monoisotopic (exact) mass is 323 g/mol. The first-order valence-electron chi connectivity index (χ1n) is 6.40. The summed E-state index contributed by atoms with van der Waals surface area (Å²) in [5.74, 6) is -0.151. The van der Waals surface area contributed by atoms with Gasteiger partial charge in [0.1, 0.15) is 0 Å². The van der Waals surface area contributed by atoms with Crippen molar-refractivity contribution in [3.63, 3.8) is 0 Å². The molecular formula is C15H15Cl2N3O. The number of carbonyl (C=O) groups excluding carboxylic acids is 1. The highest BCUT2D eigenvalue weighted by atomic mass is 35.5. The Labute approximate surface area is 133 Å². The third-order valence-corrected chi connectivity index (χ3v) is 3.23. The first-order valence-corrected chi connectivity index (χ1v) is 7.16. The van der Waals surface area contributed by atoms with E-state index < -0.39 is 0 Å². The summed E-state index contributed by atoms with van der Waals surface area (Å²) in [6.45, 7) is 2.43. The summed E-state index contributed by atoms with van der Waals surface area (Å²) in [5, 5.41) is 6.91. The molecule has 6 heteroatoms. The van der Waals surface area contributed by atoms with Crippen LogP contribution < -0.4 is 16.4 Å². The third kappa shape index (κ3) is 4.03. The maximum Gasteiger partial charge on any atom is 0.251 e. The Bertz CT molecular complexity index is 654. The molecular weight excluding hydrogens is 309 g/mol. The largest absolute Gasteiger partial charge is 0.397 e. The first-order chi connectivity index (χ1) is 9.99. The van der Waals surface area contributed by atoms with Gasteiger partial charge in [0, 0.05) is 27.8 Å². The van der Waals surface area contributed by atoms with Crippen LogP contribution in [-0.4, -0.2) is 12.5 Å². The minimum Gasteiger partial charge on any atom is -0.397 e.